The van der Waals surface area contributed by atoms with Crippen LogP contribution in [0.3, 0.4) is 0 Å². The van der Waals surface area contributed by atoms with E-state index in [2.05, 4.69) is 0 Å². The van der Waals surface area contributed by atoms with Crippen molar-refractivity contribution in [1.82, 2.24) is 0 Å². The number of benzene rings is 2. The highest BCUT2D eigenvalue weighted by Crippen LogP contribution is 2.30. The van der Waals surface area contributed by atoms with Crippen LogP contribution >= 0.6 is 11.3 Å². The number of methoxy groups -OCH3 is 1. The first-order valence-electron chi connectivity index (χ1n) is 7.43. The fourth-order valence-electron chi connectivity index (χ4n) is 2.13. The molecule has 3 rings (SSSR count). The Labute approximate surface area is 144 Å². The van der Waals surface area contributed by atoms with Crippen LogP contribution in [0.4, 0.5) is 0 Å². The Morgan fingerprint density at radius 2 is 1.71 bits per heavy atom. The van der Waals surface area contributed by atoms with Gasteiger partial charge in [0.25, 0.3) is 0 Å². The topological polar surface area (TPSA) is 35.5 Å². The standard InChI is InChI=1S/C20H16O3S/c1-22-16-9-7-15(8-10-16)18(21)11-12-20-19(13-14-24-20)23-17-5-3-2-4-6-17/h2-14H,1H3/b12-11-. The molecule has 0 saturated carbocycles. The minimum Gasteiger partial charge on any atom is -0.497 e. The van der Waals surface area contributed by atoms with Gasteiger partial charge in [0.1, 0.15) is 17.2 Å². The van der Waals surface area contributed by atoms with E-state index in [0.29, 0.717) is 5.56 Å². The van der Waals surface area contributed by atoms with E-state index in [0.717, 1.165) is 22.1 Å². The molecule has 0 unspecified atom stereocenters. The number of para-hydroxylation sites is 1. The minimum atomic E-state index is -0.0586. The summed E-state index contributed by atoms with van der Waals surface area (Å²) in [6.07, 6.45) is 3.35. The van der Waals surface area contributed by atoms with Gasteiger partial charge in [0.15, 0.2) is 5.78 Å². The molecule has 0 aliphatic rings. The van der Waals surface area contributed by atoms with Crippen LogP contribution < -0.4 is 9.47 Å². The highest BCUT2D eigenvalue weighted by molar-refractivity contribution is 7.11. The molecular weight excluding hydrogens is 320 g/mol. The van der Waals surface area contributed by atoms with Gasteiger partial charge in [-0.2, -0.15) is 0 Å². The Bertz CT molecular complexity index is 833. The summed E-state index contributed by atoms with van der Waals surface area (Å²) in [6.45, 7) is 0. The number of carbonyl (C=O) groups excluding carboxylic acids is 1. The van der Waals surface area contributed by atoms with Crippen LogP contribution in [0.25, 0.3) is 6.08 Å². The van der Waals surface area contributed by atoms with E-state index in [-0.39, 0.29) is 5.78 Å². The first-order chi connectivity index (χ1) is 11.8. The van der Waals surface area contributed by atoms with E-state index in [1.807, 2.05) is 41.8 Å². The summed E-state index contributed by atoms with van der Waals surface area (Å²) in [5, 5.41) is 1.94. The SMILES string of the molecule is COc1ccc(C(=O)/C=C\c2sccc2Oc2ccccc2)cc1. The Kier molecular flexibility index (Phi) is 5.08. The van der Waals surface area contributed by atoms with Crippen molar-refractivity contribution < 1.29 is 14.3 Å². The van der Waals surface area contributed by atoms with Gasteiger partial charge in [0, 0.05) is 5.56 Å². The fourth-order valence-corrected chi connectivity index (χ4v) is 2.84. The van der Waals surface area contributed by atoms with E-state index < -0.39 is 0 Å². The molecule has 2 aromatic carbocycles. The molecule has 120 valence electrons. The van der Waals surface area contributed by atoms with Crippen LogP contribution in [-0.4, -0.2) is 12.9 Å². The predicted octanol–water partition coefficient (Wildman–Crippen LogP) is 5.45. The van der Waals surface area contributed by atoms with Crippen molar-refractivity contribution in [3.8, 4) is 17.2 Å². The van der Waals surface area contributed by atoms with E-state index in [9.17, 15) is 4.79 Å². The number of ketones is 1. The number of carbonyl (C=O) groups is 1. The van der Waals surface area contributed by atoms with E-state index in [1.165, 1.54) is 11.3 Å². The van der Waals surface area contributed by atoms with Crippen molar-refractivity contribution in [2.24, 2.45) is 0 Å². The average molecular weight is 336 g/mol. The van der Waals surface area contributed by atoms with Crippen LogP contribution in [-0.2, 0) is 0 Å². The summed E-state index contributed by atoms with van der Waals surface area (Å²) < 4.78 is 10.9. The van der Waals surface area contributed by atoms with Crippen LogP contribution in [0.1, 0.15) is 15.2 Å². The molecule has 1 aromatic heterocycles. The van der Waals surface area contributed by atoms with Gasteiger partial charge in [0.2, 0.25) is 0 Å². The Hall–Kier alpha value is -2.85. The second kappa shape index (κ2) is 7.62. The molecule has 0 aliphatic carbocycles. The Balaban J connectivity index is 1.72. The van der Waals surface area contributed by atoms with Gasteiger partial charge in [-0.25, -0.2) is 0 Å². The van der Waals surface area contributed by atoms with E-state index in [1.54, 1.807) is 43.5 Å². The van der Waals surface area contributed by atoms with Crippen molar-refractivity contribution in [2.75, 3.05) is 7.11 Å². The summed E-state index contributed by atoms with van der Waals surface area (Å²) in [7, 11) is 1.60. The molecule has 0 spiro atoms. The van der Waals surface area contributed by atoms with Crippen LogP contribution in [0.5, 0.6) is 17.2 Å². The summed E-state index contributed by atoms with van der Waals surface area (Å²) in [6, 6.07) is 18.5. The molecule has 0 atom stereocenters. The van der Waals surface area contributed by atoms with Crippen LogP contribution in [0, 0.1) is 0 Å². The minimum absolute atomic E-state index is 0.0586. The monoisotopic (exact) mass is 336 g/mol. The molecule has 1 heterocycles. The number of ether oxygens (including phenoxy) is 2. The highest BCUT2D eigenvalue weighted by atomic mass is 32.1. The maximum Gasteiger partial charge on any atom is 0.185 e. The fraction of sp³-hybridized carbons (Fsp3) is 0.0500. The lowest BCUT2D eigenvalue weighted by molar-refractivity contribution is 0.104. The second-order valence-corrected chi connectivity index (χ2v) is 5.94. The Morgan fingerprint density at radius 3 is 2.42 bits per heavy atom. The molecule has 24 heavy (non-hydrogen) atoms. The van der Waals surface area contributed by atoms with Gasteiger partial charge in [-0.05, 0) is 60.0 Å². The van der Waals surface area contributed by atoms with E-state index in [4.69, 9.17) is 9.47 Å². The highest BCUT2D eigenvalue weighted by Gasteiger charge is 2.06. The molecule has 0 radical (unpaired) electrons. The molecule has 3 nitrogen and oxygen atoms in total. The molecular formula is C20H16O3S. The maximum absolute atomic E-state index is 12.2. The first-order valence-corrected chi connectivity index (χ1v) is 8.31. The third-order valence-electron chi connectivity index (χ3n) is 3.39. The number of rotatable bonds is 6. The number of allylic oxidation sites excluding steroid dienone is 1. The summed E-state index contributed by atoms with van der Waals surface area (Å²) in [5.74, 6) is 2.18. The van der Waals surface area contributed by atoms with Crippen molar-refractivity contribution >= 4 is 23.2 Å². The van der Waals surface area contributed by atoms with Gasteiger partial charge < -0.3 is 9.47 Å². The third-order valence-corrected chi connectivity index (χ3v) is 4.25. The second-order valence-electron chi connectivity index (χ2n) is 4.99. The summed E-state index contributed by atoms with van der Waals surface area (Å²) in [5.41, 5.74) is 0.620. The number of hydrogen-bond acceptors (Lipinski definition) is 4. The average Bonchev–Trinajstić information content (AvgIpc) is 3.07. The third kappa shape index (κ3) is 3.91. The molecule has 3 aromatic rings. The molecule has 0 saturated heterocycles. The number of hydrogen-bond donors (Lipinski definition) is 0. The van der Waals surface area contributed by atoms with Gasteiger partial charge in [-0.3, -0.25) is 4.79 Å². The number of thiophene rings is 1. The van der Waals surface area contributed by atoms with Crippen LogP contribution in [0.15, 0.2) is 72.1 Å². The lowest BCUT2D eigenvalue weighted by atomic mass is 10.1. The zero-order valence-electron chi connectivity index (χ0n) is 13.1. The molecule has 0 fully saturated rings. The molecule has 0 amide bonds. The normalized spacial score (nSPS) is 10.7. The smallest absolute Gasteiger partial charge is 0.185 e. The Morgan fingerprint density at radius 1 is 0.958 bits per heavy atom. The molecule has 0 bridgehead atoms. The first kappa shape index (κ1) is 16.0. The van der Waals surface area contributed by atoms with Gasteiger partial charge >= 0.3 is 0 Å². The quantitative estimate of drug-likeness (QED) is 0.444. The van der Waals surface area contributed by atoms with Crippen molar-refractivity contribution in [3.05, 3.63) is 82.6 Å². The molecule has 0 aliphatic heterocycles. The lowest BCUT2D eigenvalue weighted by Gasteiger charge is -2.04. The molecule has 0 N–H and O–H groups in total. The largest absolute Gasteiger partial charge is 0.497 e. The zero-order valence-corrected chi connectivity index (χ0v) is 14.0. The zero-order chi connectivity index (χ0) is 16.8. The van der Waals surface area contributed by atoms with Gasteiger partial charge in [0.05, 0.1) is 12.0 Å². The lowest BCUT2D eigenvalue weighted by Crippen LogP contribution is -1.94. The van der Waals surface area contributed by atoms with Gasteiger partial charge in [-0.1, -0.05) is 18.2 Å². The van der Waals surface area contributed by atoms with Crippen molar-refractivity contribution in [1.29, 1.82) is 0 Å². The van der Waals surface area contributed by atoms with Crippen molar-refractivity contribution in [3.63, 3.8) is 0 Å². The van der Waals surface area contributed by atoms with Gasteiger partial charge in [-0.15, -0.1) is 11.3 Å². The van der Waals surface area contributed by atoms with Crippen molar-refractivity contribution in [2.45, 2.75) is 0 Å². The summed E-state index contributed by atoms with van der Waals surface area (Å²) >= 11 is 1.53. The molecule has 4 heteroatoms. The maximum atomic E-state index is 12.2. The predicted molar refractivity (Wildman–Crippen MR) is 97.2 cm³/mol. The van der Waals surface area contributed by atoms with Crippen LogP contribution in [0.2, 0.25) is 0 Å². The summed E-state index contributed by atoms with van der Waals surface area (Å²) in [4.78, 5) is 13.1. The van der Waals surface area contributed by atoms with E-state index >= 15 is 0 Å².